The molecule has 0 aromatic heterocycles. The maximum absolute atomic E-state index is 13.5. The molecule has 0 radical (unpaired) electrons. The third-order valence-corrected chi connectivity index (χ3v) is 5.84. The molecule has 2 aromatic rings. The molecule has 1 aliphatic rings. The zero-order chi connectivity index (χ0) is 27.5. The summed E-state index contributed by atoms with van der Waals surface area (Å²) in [6.07, 6.45) is -5.17. The van der Waals surface area contributed by atoms with Crippen molar-refractivity contribution >= 4 is 23.5 Å². The lowest BCUT2D eigenvalue weighted by atomic mass is 9.75. The molecule has 7 nitrogen and oxygen atoms in total. The molecular formula is C27H26F3N3O4. The first-order chi connectivity index (χ1) is 17.4. The second-order valence-electron chi connectivity index (χ2n) is 8.66. The van der Waals surface area contributed by atoms with E-state index in [1.165, 1.54) is 31.2 Å². The highest BCUT2D eigenvalue weighted by molar-refractivity contribution is 6.14. The molecule has 194 valence electrons. The normalized spacial score (nSPS) is 18.0. The van der Waals surface area contributed by atoms with Crippen LogP contribution in [-0.4, -0.2) is 30.5 Å². The number of amidine groups is 1. The monoisotopic (exact) mass is 513 g/mol. The number of nitrogens with one attached hydrogen (secondary N) is 1. The number of halogens is 3. The summed E-state index contributed by atoms with van der Waals surface area (Å²) in [5.74, 6) is -4.36. The van der Waals surface area contributed by atoms with Gasteiger partial charge in [0.1, 0.15) is 11.8 Å². The Labute approximate surface area is 212 Å². The number of carbonyl (C=O) groups is 2. The fraction of sp³-hybridized carbons (Fsp3) is 0.333. The predicted octanol–water partition coefficient (Wildman–Crippen LogP) is 5.56. The highest BCUT2D eigenvalue weighted by atomic mass is 19.4. The number of hydrogen-bond acceptors (Lipinski definition) is 6. The molecule has 37 heavy (non-hydrogen) atoms. The number of nitriles is 1. The van der Waals surface area contributed by atoms with E-state index in [9.17, 15) is 28.0 Å². The molecule has 2 aromatic carbocycles. The maximum Gasteiger partial charge on any atom is 0.416 e. The van der Waals surface area contributed by atoms with E-state index in [-0.39, 0.29) is 29.4 Å². The van der Waals surface area contributed by atoms with Gasteiger partial charge in [-0.1, -0.05) is 18.2 Å². The van der Waals surface area contributed by atoms with E-state index in [4.69, 9.17) is 14.9 Å². The number of carbonyl (C=O) groups excluding carboxylic acids is 2. The lowest BCUT2D eigenvalue weighted by Gasteiger charge is -2.40. The van der Waals surface area contributed by atoms with Gasteiger partial charge >= 0.3 is 18.1 Å². The van der Waals surface area contributed by atoms with Gasteiger partial charge in [0, 0.05) is 17.3 Å². The van der Waals surface area contributed by atoms with Crippen LogP contribution in [0.25, 0.3) is 0 Å². The lowest BCUT2D eigenvalue weighted by Crippen LogP contribution is -2.48. The second kappa shape index (κ2) is 10.9. The van der Waals surface area contributed by atoms with Crippen molar-refractivity contribution in [1.29, 1.82) is 10.7 Å². The summed E-state index contributed by atoms with van der Waals surface area (Å²) in [6.45, 7) is 6.34. The van der Waals surface area contributed by atoms with Gasteiger partial charge in [0.15, 0.2) is 0 Å². The van der Waals surface area contributed by atoms with Gasteiger partial charge in [0.05, 0.1) is 35.5 Å². The largest absolute Gasteiger partial charge is 0.465 e. The first kappa shape index (κ1) is 27.5. The van der Waals surface area contributed by atoms with Gasteiger partial charge in [-0.2, -0.15) is 18.4 Å². The molecule has 10 heteroatoms. The summed E-state index contributed by atoms with van der Waals surface area (Å²) in [5, 5.41) is 18.1. The van der Waals surface area contributed by atoms with E-state index in [1.807, 2.05) is 6.07 Å². The number of alkyl halides is 3. The molecule has 3 rings (SSSR count). The molecule has 0 aliphatic carbocycles. The zero-order valence-corrected chi connectivity index (χ0v) is 20.7. The van der Waals surface area contributed by atoms with Crippen molar-refractivity contribution in [2.75, 3.05) is 11.5 Å². The molecule has 0 spiro atoms. The van der Waals surface area contributed by atoms with Crippen LogP contribution in [0.2, 0.25) is 0 Å². The highest BCUT2D eigenvalue weighted by Crippen LogP contribution is 2.44. The third-order valence-electron chi connectivity index (χ3n) is 5.84. The van der Waals surface area contributed by atoms with Crippen molar-refractivity contribution in [2.24, 2.45) is 5.92 Å². The smallest absolute Gasteiger partial charge is 0.416 e. The molecule has 0 fully saturated rings. The highest BCUT2D eigenvalue weighted by Gasteiger charge is 2.47. The summed E-state index contributed by atoms with van der Waals surface area (Å²) in [6, 6.07) is 12.5. The molecule has 0 saturated carbocycles. The van der Waals surface area contributed by atoms with Gasteiger partial charge in [0.25, 0.3) is 0 Å². The SMILES string of the molecule is CCOC(=O)C1C(=N)N(c2cccc(C(F)(F)F)c2)C(C)=C(C(=O)OC(C)C)C1c1ccc(C#N)cc1. The van der Waals surface area contributed by atoms with E-state index in [0.29, 0.717) is 11.1 Å². The lowest BCUT2D eigenvalue weighted by molar-refractivity contribution is -0.147. The van der Waals surface area contributed by atoms with Crippen LogP contribution in [-0.2, 0) is 25.2 Å². The first-order valence-electron chi connectivity index (χ1n) is 11.5. The van der Waals surface area contributed by atoms with Crippen LogP contribution in [0.15, 0.2) is 59.8 Å². The molecule has 2 atom stereocenters. The number of ether oxygens (including phenoxy) is 2. The van der Waals surface area contributed by atoms with E-state index >= 15 is 0 Å². The van der Waals surface area contributed by atoms with Crippen LogP contribution < -0.4 is 4.90 Å². The quantitative estimate of drug-likeness (QED) is 0.507. The van der Waals surface area contributed by atoms with E-state index in [0.717, 1.165) is 17.0 Å². The minimum Gasteiger partial charge on any atom is -0.465 e. The number of anilines is 1. The second-order valence-corrected chi connectivity index (χ2v) is 8.66. The predicted molar refractivity (Wildman–Crippen MR) is 130 cm³/mol. The van der Waals surface area contributed by atoms with Crippen molar-refractivity contribution in [3.05, 3.63) is 76.5 Å². The molecule has 2 unspecified atom stereocenters. The van der Waals surface area contributed by atoms with Crippen LogP contribution in [0.4, 0.5) is 18.9 Å². The first-order valence-corrected chi connectivity index (χ1v) is 11.5. The minimum absolute atomic E-state index is 0.00451. The number of esters is 2. The summed E-state index contributed by atoms with van der Waals surface area (Å²) in [7, 11) is 0. The topological polar surface area (TPSA) is 103 Å². The number of allylic oxidation sites excluding steroid dienone is 1. The number of nitrogens with zero attached hydrogens (tertiary/aromatic N) is 2. The Kier molecular flexibility index (Phi) is 8.06. The minimum atomic E-state index is -4.64. The molecule has 1 heterocycles. The van der Waals surface area contributed by atoms with Crippen molar-refractivity contribution in [1.82, 2.24) is 0 Å². The van der Waals surface area contributed by atoms with Gasteiger partial charge in [-0.05, 0) is 63.6 Å². The van der Waals surface area contributed by atoms with Gasteiger partial charge in [-0.15, -0.1) is 0 Å². The molecule has 0 saturated heterocycles. The van der Waals surface area contributed by atoms with E-state index < -0.39 is 41.6 Å². The Morgan fingerprint density at radius 2 is 1.81 bits per heavy atom. The summed E-state index contributed by atoms with van der Waals surface area (Å²) >= 11 is 0. The van der Waals surface area contributed by atoms with Gasteiger partial charge < -0.3 is 14.4 Å². The molecular weight excluding hydrogens is 487 g/mol. The molecule has 1 N–H and O–H groups in total. The van der Waals surface area contributed by atoms with Crippen molar-refractivity contribution in [3.63, 3.8) is 0 Å². The van der Waals surface area contributed by atoms with Gasteiger partial charge in [-0.3, -0.25) is 10.2 Å². The summed E-state index contributed by atoms with van der Waals surface area (Å²) in [4.78, 5) is 27.8. The van der Waals surface area contributed by atoms with Crippen molar-refractivity contribution in [2.45, 2.75) is 45.9 Å². The standard InChI is InChI=1S/C27H26F3N3O4/c1-5-36-25(34)23-22(18-11-9-17(14-31)10-12-18)21(26(35)37-15(2)3)16(4)33(24(23)32)20-8-6-7-19(13-20)27(28,29)30/h6-13,15,22-23,32H,5H2,1-4H3. The number of benzene rings is 2. The van der Waals surface area contributed by atoms with Crippen LogP contribution in [0.1, 0.15) is 50.3 Å². The Balaban J connectivity index is 2.32. The van der Waals surface area contributed by atoms with E-state index in [1.54, 1.807) is 32.9 Å². The molecule has 0 amide bonds. The fourth-order valence-corrected chi connectivity index (χ4v) is 4.30. The summed E-state index contributed by atoms with van der Waals surface area (Å²) in [5.41, 5.74) is -0.0474. The molecule has 1 aliphatic heterocycles. The average molecular weight is 514 g/mol. The van der Waals surface area contributed by atoms with Crippen molar-refractivity contribution < 1.29 is 32.2 Å². The van der Waals surface area contributed by atoms with Crippen LogP contribution in [0.5, 0.6) is 0 Å². The van der Waals surface area contributed by atoms with Crippen molar-refractivity contribution in [3.8, 4) is 6.07 Å². The average Bonchev–Trinajstić information content (AvgIpc) is 2.83. The Morgan fingerprint density at radius 3 is 2.35 bits per heavy atom. The van der Waals surface area contributed by atoms with Gasteiger partial charge in [-0.25, -0.2) is 4.79 Å². The fourth-order valence-electron chi connectivity index (χ4n) is 4.30. The van der Waals surface area contributed by atoms with E-state index in [2.05, 4.69) is 0 Å². The van der Waals surface area contributed by atoms with Crippen LogP contribution >= 0.6 is 0 Å². The Morgan fingerprint density at radius 1 is 1.16 bits per heavy atom. The molecule has 0 bridgehead atoms. The third kappa shape index (κ3) is 5.66. The Hall–Kier alpha value is -4.13. The number of hydrogen-bond donors (Lipinski definition) is 1. The summed E-state index contributed by atoms with van der Waals surface area (Å²) < 4.78 is 51.1. The van der Waals surface area contributed by atoms with Crippen LogP contribution in [0, 0.1) is 22.7 Å². The zero-order valence-electron chi connectivity index (χ0n) is 20.7. The maximum atomic E-state index is 13.5. The number of rotatable bonds is 6. The Bertz CT molecular complexity index is 1280. The van der Waals surface area contributed by atoms with Crippen LogP contribution in [0.3, 0.4) is 0 Å². The van der Waals surface area contributed by atoms with Gasteiger partial charge in [0.2, 0.25) is 0 Å².